The van der Waals surface area contributed by atoms with E-state index in [0.29, 0.717) is 11.6 Å². The second-order valence-corrected chi connectivity index (χ2v) is 8.31. The summed E-state index contributed by atoms with van der Waals surface area (Å²) in [4.78, 5) is 19.7. The Hall–Kier alpha value is -2.12. The van der Waals surface area contributed by atoms with Crippen LogP contribution in [0.15, 0.2) is 29.4 Å². The third kappa shape index (κ3) is 2.67. The van der Waals surface area contributed by atoms with Crippen LogP contribution >= 0.6 is 23.1 Å². The number of H-pyrrole nitrogens is 1. The van der Waals surface area contributed by atoms with Gasteiger partial charge in [-0.2, -0.15) is 0 Å². The minimum atomic E-state index is 0.629. The van der Waals surface area contributed by atoms with Gasteiger partial charge >= 0.3 is 0 Å². The van der Waals surface area contributed by atoms with E-state index in [-0.39, 0.29) is 0 Å². The molecule has 3 aromatic heterocycles. The highest BCUT2D eigenvalue weighted by atomic mass is 32.2. The van der Waals surface area contributed by atoms with Gasteiger partial charge in [-0.05, 0) is 43.4 Å². The van der Waals surface area contributed by atoms with E-state index in [1.54, 1.807) is 23.1 Å². The zero-order valence-electron chi connectivity index (χ0n) is 13.6. The van der Waals surface area contributed by atoms with Gasteiger partial charge in [0, 0.05) is 4.88 Å². The second-order valence-electron chi connectivity index (χ2n) is 6.26. The monoisotopic (exact) mass is 367 g/mol. The Bertz CT molecular complexity index is 1050. The number of aryl methyl sites for hydroxylation is 2. The molecular weight excluding hydrogens is 350 g/mol. The van der Waals surface area contributed by atoms with Crippen LogP contribution < -0.4 is 5.73 Å². The first-order chi connectivity index (χ1) is 12.3. The summed E-state index contributed by atoms with van der Waals surface area (Å²) in [5, 5.41) is 1.98. The maximum Gasteiger partial charge on any atom is 0.166 e. The van der Waals surface area contributed by atoms with Crippen LogP contribution in [0.3, 0.4) is 0 Å². The molecule has 0 spiro atoms. The van der Waals surface area contributed by atoms with Gasteiger partial charge in [0.2, 0.25) is 0 Å². The van der Waals surface area contributed by atoms with Crippen molar-refractivity contribution in [2.24, 2.45) is 0 Å². The van der Waals surface area contributed by atoms with Gasteiger partial charge in [-0.3, -0.25) is 0 Å². The van der Waals surface area contributed by atoms with Crippen molar-refractivity contribution in [1.82, 2.24) is 19.9 Å². The van der Waals surface area contributed by atoms with Crippen molar-refractivity contribution in [1.29, 1.82) is 0 Å². The molecule has 0 saturated heterocycles. The lowest BCUT2D eigenvalue weighted by molar-refractivity contribution is 0.700. The molecule has 7 heteroatoms. The van der Waals surface area contributed by atoms with E-state index in [0.717, 1.165) is 45.1 Å². The number of thioether (sulfide) groups is 1. The number of imidazole rings is 1. The van der Waals surface area contributed by atoms with Crippen molar-refractivity contribution >= 4 is 50.2 Å². The largest absolute Gasteiger partial charge is 0.383 e. The number of nitrogens with two attached hydrogens (primary N) is 1. The number of hydrogen-bond donors (Lipinski definition) is 2. The van der Waals surface area contributed by atoms with Crippen LogP contribution in [-0.2, 0) is 18.6 Å². The molecule has 0 saturated carbocycles. The average molecular weight is 368 g/mol. The first kappa shape index (κ1) is 15.2. The Kier molecular flexibility index (Phi) is 3.64. The summed E-state index contributed by atoms with van der Waals surface area (Å²) in [7, 11) is 0. The summed E-state index contributed by atoms with van der Waals surface area (Å²) in [5.41, 5.74) is 9.69. The molecule has 0 aliphatic heterocycles. The van der Waals surface area contributed by atoms with Gasteiger partial charge in [0.1, 0.15) is 16.5 Å². The Labute approximate surface area is 153 Å². The number of nitrogens with zero attached hydrogens (tertiary/aromatic N) is 3. The predicted octanol–water partition coefficient (Wildman–Crippen LogP) is 4.32. The fourth-order valence-corrected chi connectivity index (χ4v) is 5.45. The van der Waals surface area contributed by atoms with Gasteiger partial charge in [0.15, 0.2) is 5.16 Å². The average Bonchev–Trinajstić information content (AvgIpc) is 3.20. The lowest BCUT2D eigenvalue weighted by Gasteiger charge is -2.10. The van der Waals surface area contributed by atoms with E-state index in [2.05, 4.69) is 15.0 Å². The van der Waals surface area contributed by atoms with Crippen LogP contribution in [0.5, 0.6) is 0 Å². The summed E-state index contributed by atoms with van der Waals surface area (Å²) < 4.78 is 0. The van der Waals surface area contributed by atoms with Gasteiger partial charge in [-0.1, -0.05) is 23.9 Å². The smallest absolute Gasteiger partial charge is 0.166 e. The maximum atomic E-state index is 6.28. The number of benzene rings is 1. The lowest BCUT2D eigenvalue weighted by atomic mass is 9.97. The maximum absolute atomic E-state index is 6.28. The van der Waals surface area contributed by atoms with Crippen molar-refractivity contribution in [2.75, 3.05) is 5.73 Å². The number of nitrogen functional groups attached to an aromatic ring is 1. The van der Waals surface area contributed by atoms with E-state index in [4.69, 9.17) is 10.7 Å². The number of aromatic amines is 1. The van der Waals surface area contributed by atoms with E-state index in [1.807, 2.05) is 24.3 Å². The number of para-hydroxylation sites is 2. The molecule has 0 atom stereocenters. The normalized spacial score (nSPS) is 14.2. The van der Waals surface area contributed by atoms with Gasteiger partial charge in [0.25, 0.3) is 0 Å². The summed E-state index contributed by atoms with van der Waals surface area (Å²) in [5.74, 6) is 2.06. The van der Waals surface area contributed by atoms with Crippen LogP contribution in [0.25, 0.3) is 21.3 Å². The highest BCUT2D eigenvalue weighted by Gasteiger charge is 2.20. The molecule has 5 rings (SSSR count). The van der Waals surface area contributed by atoms with Crippen LogP contribution in [-0.4, -0.2) is 19.9 Å². The number of rotatable bonds is 3. The number of aromatic nitrogens is 4. The van der Waals surface area contributed by atoms with Crippen molar-refractivity contribution in [3.05, 3.63) is 40.5 Å². The fraction of sp³-hybridized carbons (Fsp3) is 0.278. The Balaban J connectivity index is 1.44. The zero-order valence-corrected chi connectivity index (χ0v) is 15.2. The van der Waals surface area contributed by atoms with Gasteiger partial charge in [-0.25, -0.2) is 15.0 Å². The Morgan fingerprint density at radius 3 is 2.92 bits per heavy atom. The first-order valence-electron chi connectivity index (χ1n) is 8.42. The molecule has 0 radical (unpaired) electrons. The minimum absolute atomic E-state index is 0.629. The minimum Gasteiger partial charge on any atom is -0.383 e. The van der Waals surface area contributed by atoms with E-state index >= 15 is 0 Å². The van der Waals surface area contributed by atoms with Gasteiger partial charge < -0.3 is 10.7 Å². The van der Waals surface area contributed by atoms with Crippen LogP contribution in [0.2, 0.25) is 0 Å². The van der Waals surface area contributed by atoms with E-state index in [9.17, 15) is 0 Å². The molecule has 0 bridgehead atoms. The molecule has 3 heterocycles. The highest BCUT2D eigenvalue weighted by Crippen LogP contribution is 2.38. The Morgan fingerprint density at radius 1 is 1.12 bits per heavy atom. The summed E-state index contributed by atoms with van der Waals surface area (Å²) >= 11 is 3.40. The SMILES string of the molecule is Nc1nc(CSc2nc3ccccc3[nH]2)nc2sc3c(c12)CCCC3. The molecule has 0 fully saturated rings. The molecule has 1 aliphatic carbocycles. The molecule has 3 N–H and O–H groups in total. The van der Waals surface area contributed by atoms with Crippen molar-refractivity contribution in [3.8, 4) is 0 Å². The Morgan fingerprint density at radius 2 is 2.00 bits per heavy atom. The lowest BCUT2D eigenvalue weighted by Crippen LogP contribution is -2.02. The topological polar surface area (TPSA) is 80.5 Å². The molecule has 4 aromatic rings. The second kappa shape index (κ2) is 6.00. The van der Waals surface area contributed by atoms with Gasteiger partial charge in [0.05, 0.1) is 22.2 Å². The molecule has 0 unspecified atom stereocenters. The summed E-state index contributed by atoms with van der Waals surface area (Å²) in [6.45, 7) is 0. The molecule has 126 valence electrons. The standard InChI is InChI=1S/C18H17N5S2/c19-16-15-10-5-1-4-8-13(10)25-17(15)23-14(22-16)9-24-18-20-11-6-2-3-7-12(11)21-18/h2-3,6-7H,1,4-5,8-9H2,(H,20,21)(H2,19,22,23). The predicted molar refractivity (Wildman–Crippen MR) is 104 cm³/mol. The number of hydrogen-bond acceptors (Lipinski definition) is 6. The third-order valence-corrected chi connectivity index (χ3v) is 6.65. The van der Waals surface area contributed by atoms with Gasteiger partial charge in [-0.15, -0.1) is 11.3 Å². The van der Waals surface area contributed by atoms with Crippen LogP contribution in [0.4, 0.5) is 5.82 Å². The zero-order chi connectivity index (χ0) is 16.8. The fourth-order valence-electron chi connectivity index (χ4n) is 3.43. The van der Waals surface area contributed by atoms with Crippen molar-refractivity contribution in [2.45, 2.75) is 36.6 Å². The van der Waals surface area contributed by atoms with Crippen molar-refractivity contribution in [3.63, 3.8) is 0 Å². The number of fused-ring (bicyclic) bond motifs is 4. The highest BCUT2D eigenvalue weighted by molar-refractivity contribution is 7.98. The third-order valence-electron chi connectivity index (χ3n) is 4.59. The number of anilines is 1. The number of thiophene rings is 1. The number of nitrogens with one attached hydrogen (secondary N) is 1. The van der Waals surface area contributed by atoms with E-state index < -0.39 is 0 Å². The quantitative estimate of drug-likeness (QED) is 0.527. The molecule has 1 aromatic carbocycles. The molecule has 25 heavy (non-hydrogen) atoms. The first-order valence-corrected chi connectivity index (χ1v) is 10.2. The molecule has 0 amide bonds. The van der Waals surface area contributed by atoms with Crippen LogP contribution in [0, 0.1) is 0 Å². The molecular formula is C18H17N5S2. The molecule has 1 aliphatic rings. The summed E-state index contributed by atoms with van der Waals surface area (Å²) in [6, 6.07) is 8.04. The molecule has 5 nitrogen and oxygen atoms in total. The van der Waals surface area contributed by atoms with Crippen LogP contribution in [0.1, 0.15) is 29.1 Å². The van der Waals surface area contributed by atoms with Crippen molar-refractivity contribution < 1.29 is 0 Å². The van der Waals surface area contributed by atoms with E-state index in [1.165, 1.54) is 23.3 Å². The summed E-state index contributed by atoms with van der Waals surface area (Å²) in [6.07, 6.45) is 4.76.